The summed E-state index contributed by atoms with van der Waals surface area (Å²) in [4.78, 5) is 17.5. The maximum atomic E-state index is 13.3. The number of carbonyl (C=O) groups excluding carboxylic acids is 1. The zero-order chi connectivity index (χ0) is 19.7. The molecule has 1 aliphatic rings. The van der Waals surface area contributed by atoms with E-state index in [0.717, 1.165) is 5.69 Å². The maximum absolute atomic E-state index is 13.3. The summed E-state index contributed by atoms with van der Waals surface area (Å²) >= 11 is 6.46. The minimum atomic E-state index is -1.16. The smallest absolute Gasteiger partial charge is 0.337 e. The molecule has 0 aliphatic carbocycles. The molecule has 0 saturated carbocycles. The molecule has 7 heteroatoms. The Labute approximate surface area is 166 Å². The van der Waals surface area contributed by atoms with Crippen LogP contribution in [0.5, 0.6) is 0 Å². The second-order valence-electron chi connectivity index (χ2n) is 6.62. The predicted octanol–water partition coefficient (Wildman–Crippen LogP) is 3.98. The third-order valence-electron chi connectivity index (χ3n) is 5.03. The van der Waals surface area contributed by atoms with Crippen molar-refractivity contribution in [2.45, 2.75) is 25.0 Å². The lowest BCUT2D eigenvalue weighted by Gasteiger charge is -2.30. The van der Waals surface area contributed by atoms with Gasteiger partial charge < -0.3 is 9.30 Å². The van der Waals surface area contributed by atoms with Crippen LogP contribution in [0.25, 0.3) is 0 Å². The summed E-state index contributed by atoms with van der Waals surface area (Å²) in [5, 5.41) is 9.42. The van der Waals surface area contributed by atoms with Crippen LogP contribution in [-0.4, -0.2) is 15.5 Å². The molecule has 1 atom stereocenters. The molecular weight excluding hydrogens is 381 g/mol. The van der Waals surface area contributed by atoms with Gasteiger partial charge in [0.05, 0.1) is 18.0 Å². The van der Waals surface area contributed by atoms with Gasteiger partial charge in [-0.2, -0.15) is 5.26 Å². The number of esters is 1. The summed E-state index contributed by atoms with van der Waals surface area (Å²) in [5.74, 6) is -0.824. The summed E-state index contributed by atoms with van der Waals surface area (Å²) in [7, 11) is 0. The van der Waals surface area contributed by atoms with E-state index < -0.39 is 11.5 Å². The number of hydrogen-bond donors (Lipinski definition) is 0. The van der Waals surface area contributed by atoms with Gasteiger partial charge in [-0.3, -0.25) is 0 Å². The molecule has 140 valence electrons. The fourth-order valence-corrected chi connectivity index (χ4v) is 3.96. The number of carbonyl (C=O) groups is 1. The molecule has 2 heterocycles. The zero-order valence-electron chi connectivity index (χ0n) is 14.7. The Morgan fingerprint density at radius 1 is 1.32 bits per heavy atom. The van der Waals surface area contributed by atoms with Gasteiger partial charge >= 0.3 is 5.97 Å². The molecule has 28 heavy (non-hydrogen) atoms. The third kappa shape index (κ3) is 2.94. The average Bonchev–Trinajstić information content (AvgIpc) is 3.30. The zero-order valence-corrected chi connectivity index (χ0v) is 15.5. The first-order chi connectivity index (χ1) is 13.5. The van der Waals surface area contributed by atoms with Crippen molar-refractivity contribution in [1.82, 2.24) is 9.55 Å². The largest absolute Gasteiger partial charge is 0.459 e. The Morgan fingerprint density at radius 2 is 2.11 bits per heavy atom. The van der Waals surface area contributed by atoms with E-state index in [1.54, 1.807) is 47.4 Å². The lowest BCUT2D eigenvalue weighted by Crippen LogP contribution is -2.41. The van der Waals surface area contributed by atoms with Gasteiger partial charge in [0.15, 0.2) is 5.54 Å². The molecular formula is C21H15ClFN3O2. The average molecular weight is 396 g/mol. The first kappa shape index (κ1) is 18.2. The molecule has 1 aliphatic heterocycles. The highest BCUT2D eigenvalue weighted by Crippen LogP contribution is 2.42. The van der Waals surface area contributed by atoms with E-state index in [1.807, 2.05) is 6.07 Å². The Morgan fingerprint density at radius 3 is 2.82 bits per heavy atom. The molecule has 5 nitrogen and oxygen atoms in total. The van der Waals surface area contributed by atoms with Gasteiger partial charge in [0, 0.05) is 22.5 Å². The summed E-state index contributed by atoms with van der Waals surface area (Å²) in [6, 6.07) is 12.7. The van der Waals surface area contributed by atoms with Gasteiger partial charge in [-0.1, -0.05) is 29.8 Å². The number of aryl methyl sites for hydroxylation is 1. The van der Waals surface area contributed by atoms with Crippen molar-refractivity contribution < 1.29 is 13.9 Å². The topological polar surface area (TPSA) is 67.9 Å². The number of aromatic nitrogens is 2. The van der Waals surface area contributed by atoms with Crippen molar-refractivity contribution >= 4 is 17.6 Å². The van der Waals surface area contributed by atoms with Crippen LogP contribution in [-0.2, 0) is 28.1 Å². The third-order valence-corrected chi connectivity index (χ3v) is 5.35. The molecule has 2 aromatic carbocycles. The first-order valence-electron chi connectivity index (χ1n) is 8.68. The standard InChI is InChI=1S/C21H15ClFN3O2/c22-19-9-15(10-24)3-6-18(19)21(8-7-17-11-25-13-26(17)21)20(27)28-12-14-1-4-16(23)5-2-14/h1-6,9,11,13H,7-8,12H2. The predicted molar refractivity (Wildman–Crippen MR) is 100.0 cm³/mol. The SMILES string of the molecule is N#Cc1ccc(C2(C(=O)OCc3ccc(F)cc3)CCc3cncn32)c(Cl)c1. The van der Waals surface area contributed by atoms with E-state index in [2.05, 4.69) is 4.98 Å². The molecule has 0 radical (unpaired) electrons. The van der Waals surface area contributed by atoms with Crippen molar-refractivity contribution in [3.63, 3.8) is 0 Å². The number of hydrogen-bond acceptors (Lipinski definition) is 4. The minimum Gasteiger partial charge on any atom is -0.459 e. The van der Waals surface area contributed by atoms with Crippen LogP contribution >= 0.6 is 11.6 Å². The number of fused-ring (bicyclic) bond motifs is 1. The number of ether oxygens (including phenoxy) is 1. The molecule has 0 spiro atoms. The number of benzene rings is 2. The van der Waals surface area contributed by atoms with Crippen molar-refractivity contribution in [2.75, 3.05) is 0 Å². The number of rotatable bonds is 4. The highest BCUT2D eigenvalue weighted by molar-refractivity contribution is 6.31. The van der Waals surface area contributed by atoms with Gasteiger partial charge in [0.2, 0.25) is 0 Å². The Balaban J connectivity index is 1.72. The lowest BCUT2D eigenvalue weighted by atomic mass is 9.87. The lowest BCUT2D eigenvalue weighted by molar-refractivity contribution is -0.153. The Kier molecular flexibility index (Phi) is 4.62. The van der Waals surface area contributed by atoms with Crippen molar-refractivity contribution in [2.24, 2.45) is 0 Å². The molecule has 0 amide bonds. The van der Waals surface area contributed by atoms with Gasteiger partial charge in [-0.05, 0) is 42.7 Å². The van der Waals surface area contributed by atoms with Crippen LogP contribution in [0.2, 0.25) is 5.02 Å². The van der Waals surface area contributed by atoms with Crippen LogP contribution in [0.15, 0.2) is 55.0 Å². The summed E-state index contributed by atoms with van der Waals surface area (Å²) < 4.78 is 20.5. The highest BCUT2D eigenvalue weighted by atomic mass is 35.5. The van der Waals surface area contributed by atoms with Crippen molar-refractivity contribution in [3.8, 4) is 6.07 Å². The Hall–Kier alpha value is -3.17. The van der Waals surface area contributed by atoms with Gasteiger partial charge in [0.1, 0.15) is 12.4 Å². The van der Waals surface area contributed by atoms with Crippen LogP contribution < -0.4 is 0 Å². The van der Waals surface area contributed by atoms with E-state index in [1.165, 1.54) is 12.1 Å². The van der Waals surface area contributed by atoms with Crippen LogP contribution in [0.1, 0.15) is 28.8 Å². The molecule has 1 unspecified atom stereocenters. The van der Waals surface area contributed by atoms with E-state index in [9.17, 15) is 9.18 Å². The minimum absolute atomic E-state index is 0.0127. The van der Waals surface area contributed by atoms with E-state index in [0.29, 0.717) is 34.6 Å². The molecule has 3 aromatic rings. The number of nitriles is 1. The number of nitrogens with zero attached hydrogens (tertiary/aromatic N) is 3. The van der Waals surface area contributed by atoms with Crippen molar-refractivity contribution in [3.05, 3.63) is 88.2 Å². The quantitative estimate of drug-likeness (QED) is 0.626. The normalized spacial score (nSPS) is 17.8. The van der Waals surface area contributed by atoms with E-state index in [-0.39, 0.29) is 12.4 Å². The summed E-state index contributed by atoms with van der Waals surface area (Å²) in [6.45, 7) is 0.0127. The molecule has 0 N–H and O–H groups in total. The Bertz CT molecular complexity index is 1090. The molecule has 4 rings (SSSR count). The fourth-order valence-electron chi connectivity index (χ4n) is 3.62. The molecule has 0 fully saturated rings. The number of halogens is 2. The van der Waals surface area contributed by atoms with E-state index in [4.69, 9.17) is 21.6 Å². The summed E-state index contributed by atoms with van der Waals surface area (Å²) in [6.07, 6.45) is 4.42. The maximum Gasteiger partial charge on any atom is 0.337 e. The monoisotopic (exact) mass is 395 g/mol. The van der Waals surface area contributed by atoms with Crippen LogP contribution in [0.3, 0.4) is 0 Å². The second-order valence-corrected chi connectivity index (χ2v) is 7.03. The second kappa shape index (κ2) is 7.10. The van der Waals surface area contributed by atoms with Crippen LogP contribution in [0.4, 0.5) is 4.39 Å². The molecule has 1 aromatic heterocycles. The van der Waals surface area contributed by atoms with Crippen molar-refractivity contribution in [1.29, 1.82) is 5.26 Å². The van der Waals surface area contributed by atoms with Gasteiger partial charge in [-0.25, -0.2) is 14.2 Å². The first-order valence-corrected chi connectivity index (χ1v) is 9.06. The fraction of sp³-hybridized carbons (Fsp3) is 0.190. The van der Waals surface area contributed by atoms with Crippen LogP contribution in [0, 0.1) is 17.1 Å². The number of imidazole rings is 1. The highest BCUT2D eigenvalue weighted by Gasteiger charge is 2.49. The van der Waals surface area contributed by atoms with E-state index >= 15 is 0 Å². The molecule has 0 saturated heterocycles. The molecule has 0 bridgehead atoms. The van der Waals surface area contributed by atoms with Gasteiger partial charge in [0.25, 0.3) is 0 Å². The van der Waals surface area contributed by atoms with Gasteiger partial charge in [-0.15, -0.1) is 0 Å². The summed E-state index contributed by atoms with van der Waals surface area (Å²) in [5.41, 5.74) is 1.40.